The van der Waals surface area contributed by atoms with E-state index in [4.69, 9.17) is 0 Å². The van der Waals surface area contributed by atoms with E-state index in [9.17, 15) is 4.79 Å². The molecule has 1 fully saturated rings. The zero-order valence-corrected chi connectivity index (χ0v) is 9.82. The van der Waals surface area contributed by atoms with Crippen LogP contribution in [0.5, 0.6) is 0 Å². The molecule has 2 atom stereocenters. The second kappa shape index (κ2) is 6.30. The lowest BCUT2D eigenvalue weighted by Crippen LogP contribution is -2.44. The van der Waals surface area contributed by atoms with E-state index in [1.807, 2.05) is 11.8 Å². The molecule has 3 nitrogen and oxygen atoms in total. The molecular weight excluding hydrogens is 196 g/mol. The van der Waals surface area contributed by atoms with Crippen LogP contribution in [0, 0.1) is 0 Å². The summed E-state index contributed by atoms with van der Waals surface area (Å²) in [6.07, 6.45) is 5.26. The maximum atomic E-state index is 11.6. The lowest BCUT2D eigenvalue weighted by atomic mass is 10.2. The van der Waals surface area contributed by atoms with Crippen LogP contribution in [0.25, 0.3) is 0 Å². The molecule has 4 heteroatoms. The van der Waals surface area contributed by atoms with Gasteiger partial charge in [-0.3, -0.25) is 4.79 Å². The third-order valence-electron chi connectivity index (χ3n) is 2.52. The summed E-state index contributed by atoms with van der Waals surface area (Å²) < 4.78 is 0. The van der Waals surface area contributed by atoms with Gasteiger partial charge >= 0.3 is 0 Å². The van der Waals surface area contributed by atoms with Gasteiger partial charge in [0.05, 0.1) is 6.04 Å². The van der Waals surface area contributed by atoms with Gasteiger partial charge in [0.15, 0.2) is 0 Å². The number of carbonyl (C=O) groups is 1. The molecule has 2 unspecified atom stereocenters. The van der Waals surface area contributed by atoms with Crippen LogP contribution in [0.15, 0.2) is 0 Å². The van der Waals surface area contributed by atoms with Crippen LogP contribution in [0.2, 0.25) is 0 Å². The molecule has 1 rings (SSSR count). The highest BCUT2D eigenvalue weighted by molar-refractivity contribution is 7.98. The molecule has 1 heterocycles. The van der Waals surface area contributed by atoms with Crippen LogP contribution in [-0.2, 0) is 4.79 Å². The van der Waals surface area contributed by atoms with Crippen molar-refractivity contribution in [2.24, 2.45) is 0 Å². The molecule has 0 saturated carbocycles. The van der Waals surface area contributed by atoms with Gasteiger partial charge in [-0.05, 0) is 44.7 Å². The molecule has 0 aromatic rings. The van der Waals surface area contributed by atoms with Crippen molar-refractivity contribution in [1.82, 2.24) is 10.6 Å². The highest BCUT2D eigenvalue weighted by Crippen LogP contribution is 2.06. The van der Waals surface area contributed by atoms with Crippen molar-refractivity contribution in [3.63, 3.8) is 0 Å². The highest BCUT2D eigenvalue weighted by atomic mass is 32.2. The van der Waals surface area contributed by atoms with E-state index in [2.05, 4.69) is 23.8 Å². The van der Waals surface area contributed by atoms with Crippen LogP contribution in [0.1, 0.15) is 26.2 Å². The standard InChI is InChI=1S/C10H20N2OS/c1-8(5-7-14-2)12-10(13)9-4-3-6-11-9/h8-9,11H,3-7H2,1-2H3,(H,12,13). The fourth-order valence-electron chi connectivity index (χ4n) is 1.62. The fourth-order valence-corrected chi connectivity index (χ4v) is 2.21. The highest BCUT2D eigenvalue weighted by Gasteiger charge is 2.22. The molecule has 14 heavy (non-hydrogen) atoms. The molecule has 1 saturated heterocycles. The average Bonchev–Trinajstić information content (AvgIpc) is 2.67. The minimum atomic E-state index is 0.0618. The topological polar surface area (TPSA) is 41.1 Å². The number of carbonyl (C=O) groups excluding carboxylic acids is 1. The summed E-state index contributed by atoms with van der Waals surface area (Å²) in [5.74, 6) is 1.29. The van der Waals surface area contributed by atoms with Crippen molar-refractivity contribution in [3.8, 4) is 0 Å². The van der Waals surface area contributed by atoms with Gasteiger partial charge in [-0.25, -0.2) is 0 Å². The Balaban J connectivity index is 2.18. The molecular formula is C10H20N2OS. The van der Waals surface area contributed by atoms with Gasteiger partial charge in [-0.1, -0.05) is 0 Å². The summed E-state index contributed by atoms with van der Waals surface area (Å²) in [5, 5.41) is 6.24. The fraction of sp³-hybridized carbons (Fsp3) is 0.900. The molecule has 1 aliphatic heterocycles. The normalized spacial score (nSPS) is 23.4. The Morgan fingerprint density at radius 1 is 1.71 bits per heavy atom. The number of amides is 1. The Morgan fingerprint density at radius 3 is 3.07 bits per heavy atom. The number of nitrogens with one attached hydrogen (secondary N) is 2. The molecule has 1 aliphatic rings. The summed E-state index contributed by atoms with van der Waals surface area (Å²) in [4.78, 5) is 11.6. The molecule has 82 valence electrons. The second-order valence-corrected chi connectivity index (χ2v) is 4.83. The summed E-state index contributed by atoms with van der Waals surface area (Å²) in [5.41, 5.74) is 0. The van der Waals surface area contributed by atoms with Gasteiger partial charge in [0.1, 0.15) is 0 Å². The van der Waals surface area contributed by atoms with Gasteiger partial charge in [0, 0.05) is 6.04 Å². The van der Waals surface area contributed by atoms with E-state index in [1.165, 1.54) is 0 Å². The SMILES string of the molecule is CSCCC(C)NC(=O)C1CCCN1. The van der Waals surface area contributed by atoms with Crippen molar-refractivity contribution in [1.29, 1.82) is 0 Å². The lowest BCUT2D eigenvalue weighted by Gasteiger charge is -2.16. The Labute approximate surface area is 90.4 Å². The van der Waals surface area contributed by atoms with E-state index in [-0.39, 0.29) is 11.9 Å². The van der Waals surface area contributed by atoms with E-state index < -0.39 is 0 Å². The van der Waals surface area contributed by atoms with Gasteiger partial charge in [0.25, 0.3) is 0 Å². The molecule has 0 bridgehead atoms. The van der Waals surface area contributed by atoms with Crippen LogP contribution in [0.3, 0.4) is 0 Å². The largest absolute Gasteiger partial charge is 0.352 e. The predicted octanol–water partition coefficient (Wildman–Crippen LogP) is 0.996. The Hall–Kier alpha value is -0.220. The van der Waals surface area contributed by atoms with Crippen LogP contribution in [-0.4, -0.2) is 36.5 Å². The maximum absolute atomic E-state index is 11.6. The summed E-state index contributed by atoms with van der Waals surface area (Å²) in [7, 11) is 0. The number of hydrogen-bond acceptors (Lipinski definition) is 3. The smallest absolute Gasteiger partial charge is 0.237 e. The summed E-state index contributed by atoms with van der Waals surface area (Å²) in [6, 6.07) is 0.365. The van der Waals surface area contributed by atoms with Crippen molar-refractivity contribution >= 4 is 17.7 Å². The molecule has 0 aromatic carbocycles. The Kier molecular flexibility index (Phi) is 5.33. The average molecular weight is 216 g/mol. The minimum absolute atomic E-state index is 0.0618. The van der Waals surface area contributed by atoms with Gasteiger partial charge in [-0.2, -0.15) is 11.8 Å². The zero-order valence-electron chi connectivity index (χ0n) is 9.01. The van der Waals surface area contributed by atoms with Crippen molar-refractivity contribution in [2.75, 3.05) is 18.6 Å². The molecule has 1 amide bonds. The van der Waals surface area contributed by atoms with Gasteiger partial charge in [-0.15, -0.1) is 0 Å². The van der Waals surface area contributed by atoms with E-state index in [0.29, 0.717) is 6.04 Å². The molecule has 0 spiro atoms. The molecule has 0 aromatic heterocycles. The summed E-state index contributed by atoms with van der Waals surface area (Å²) in [6.45, 7) is 3.06. The minimum Gasteiger partial charge on any atom is -0.352 e. The molecule has 0 aliphatic carbocycles. The maximum Gasteiger partial charge on any atom is 0.237 e. The van der Waals surface area contributed by atoms with Crippen molar-refractivity contribution in [3.05, 3.63) is 0 Å². The van der Waals surface area contributed by atoms with E-state index in [1.54, 1.807) is 0 Å². The number of hydrogen-bond donors (Lipinski definition) is 2. The second-order valence-electron chi connectivity index (χ2n) is 3.84. The first-order valence-electron chi connectivity index (χ1n) is 5.26. The quantitative estimate of drug-likeness (QED) is 0.720. The number of thioether (sulfide) groups is 1. The van der Waals surface area contributed by atoms with Crippen molar-refractivity contribution in [2.45, 2.75) is 38.3 Å². The summed E-state index contributed by atoms with van der Waals surface area (Å²) >= 11 is 1.82. The molecule has 0 radical (unpaired) electrons. The first kappa shape index (κ1) is 11.9. The Morgan fingerprint density at radius 2 is 2.50 bits per heavy atom. The van der Waals surface area contributed by atoms with Crippen LogP contribution in [0.4, 0.5) is 0 Å². The predicted molar refractivity (Wildman–Crippen MR) is 61.6 cm³/mol. The zero-order chi connectivity index (χ0) is 10.4. The van der Waals surface area contributed by atoms with Gasteiger partial charge in [0.2, 0.25) is 5.91 Å². The third-order valence-corrected chi connectivity index (χ3v) is 3.16. The monoisotopic (exact) mass is 216 g/mol. The number of rotatable bonds is 5. The third kappa shape index (κ3) is 3.88. The molecule has 2 N–H and O–H groups in total. The van der Waals surface area contributed by atoms with Crippen LogP contribution >= 0.6 is 11.8 Å². The lowest BCUT2D eigenvalue weighted by molar-refractivity contribution is -0.123. The first-order valence-corrected chi connectivity index (χ1v) is 6.66. The Bertz CT molecular complexity index is 181. The van der Waals surface area contributed by atoms with E-state index in [0.717, 1.165) is 31.6 Å². The van der Waals surface area contributed by atoms with Gasteiger partial charge < -0.3 is 10.6 Å². The van der Waals surface area contributed by atoms with Crippen molar-refractivity contribution < 1.29 is 4.79 Å². The first-order chi connectivity index (χ1) is 6.74. The van der Waals surface area contributed by atoms with Crippen LogP contribution < -0.4 is 10.6 Å². The van der Waals surface area contributed by atoms with E-state index >= 15 is 0 Å².